The Kier molecular flexibility index (Phi) is 4.86. The van der Waals surface area contributed by atoms with E-state index in [-0.39, 0.29) is 5.91 Å². The molecular weight excluding hydrogens is 320 g/mol. The number of amides is 1. The second kappa shape index (κ2) is 7.23. The lowest BCUT2D eigenvalue weighted by Crippen LogP contribution is -2.18. The molecule has 5 nitrogen and oxygen atoms in total. The lowest BCUT2D eigenvalue weighted by atomic mass is 10.0. The molecule has 2 aromatic heterocycles. The fourth-order valence-electron chi connectivity index (χ4n) is 2.19. The molecule has 0 spiro atoms. The maximum Gasteiger partial charge on any atom is 0.291 e. The highest BCUT2D eigenvalue weighted by atomic mass is 32.1. The monoisotopic (exact) mass is 338 g/mol. The Bertz CT molecular complexity index is 832. The van der Waals surface area contributed by atoms with Crippen molar-refractivity contribution in [2.24, 2.45) is 5.10 Å². The van der Waals surface area contributed by atoms with Gasteiger partial charge in [-0.3, -0.25) is 9.89 Å². The third kappa shape index (κ3) is 3.78. The first-order chi connectivity index (χ1) is 11.6. The van der Waals surface area contributed by atoms with Crippen LogP contribution in [0.2, 0.25) is 0 Å². The number of H-pyrrole nitrogens is 1. The highest BCUT2D eigenvalue weighted by molar-refractivity contribution is 7.13. The molecule has 0 atom stereocenters. The standard InChI is InChI=1S/C18H18N4OS/c1-12(2)14-7-5-13(6-8-14)11-19-22-18(23)16-10-15(20-21-16)17-4-3-9-24-17/h3-12H,1-2H3,(H,20,21)(H,22,23). The quantitative estimate of drug-likeness (QED) is 0.545. The summed E-state index contributed by atoms with van der Waals surface area (Å²) in [6.07, 6.45) is 1.62. The summed E-state index contributed by atoms with van der Waals surface area (Å²) in [6.45, 7) is 4.30. The summed E-state index contributed by atoms with van der Waals surface area (Å²) in [6, 6.07) is 13.7. The number of carbonyl (C=O) groups is 1. The lowest BCUT2D eigenvalue weighted by Gasteiger charge is -2.04. The Labute approximate surface area is 144 Å². The lowest BCUT2D eigenvalue weighted by molar-refractivity contribution is 0.0950. The molecule has 0 fully saturated rings. The summed E-state index contributed by atoms with van der Waals surface area (Å²) in [4.78, 5) is 13.1. The third-order valence-corrected chi connectivity index (χ3v) is 4.48. The maximum atomic E-state index is 12.1. The summed E-state index contributed by atoms with van der Waals surface area (Å²) >= 11 is 1.59. The van der Waals surface area contributed by atoms with Crippen molar-refractivity contribution in [3.05, 3.63) is 64.7 Å². The van der Waals surface area contributed by atoms with Gasteiger partial charge in [0.1, 0.15) is 0 Å². The summed E-state index contributed by atoms with van der Waals surface area (Å²) in [5, 5.41) is 12.9. The molecule has 3 aromatic rings. The first kappa shape index (κ1) is 16.1. The van der Waals surface area contributed by atoms with E-state index in [0.717, 1.165) is 16.1 Å². The number of nitrogens with zero attached hydrogens (tertiary/aromatic N) is 2. The molecule has 0 aliphatic heterocycles. The van der Waals surface area contributed by atoms with Crippen LogP contribution in [0.1, 0.15) is 41.4 Å². The zero-order valence-electron chi connectivity index (χ0n) is 13.5. The van der Waals surface area contributed by atoms with Crippen LogP contribution in [0, 0.1) is 0 Å². The van der Waals surface area contributed by atoms with Crippen LogP contribution in [-0.4, -0.2) is 22.3 Å². The molecule has 2 heterocycles. The van der Waals surface area contributed by atoms with Crippen LogP contribution < -0.4 is 5.43 Å². The second-order valence-electron chi connectivity index (χ2n) is 5.66. The van der Waals surface area contributed by atoms with E-state index in [0.29, 0.717) is 11.6 Å². The summed E-state index contributed by atoms with van der Waals surface area (Å²) < 4.78 is 0. The van der Waals surface area contributed by atoms with Crippen molar-refractivity contribution in [3.8, 4) is 10.6 Å². The summed E-state index contributed by atoms with van der Waals surface area (Å²) in [5.74, 6) is 0.150. The minimum Gasteiger partial charge on any atom is -0.276 e. The van der Waals surface area contributed by atoms with Crippen LogP contribution in [0.25, 0.3) is 10.6 Å². The molecule has 0 aliphatic carbocycles. The molecule has 24 heavy (non-hydrogen) atoms. The fraction of sp³-hybridized carbons (Fsp3) is 0.167. The van der Waals surface area contributed by atoms with E-state index in [1.807, 2.05) is 29.6 Å². The molecule has 0 unspecified atom stereocenters. The molecule has 0 radical (unpaired) electrons. The first-order valence-corrected chi connectivity index (χ1v) is 8.54. The van der Waals surface area contributed by atoms with Crippen LogP contribution in [0.4, 0.5) is 0 Å². The molecule has 1 amide bonds. The van der Waals surface area contributed by atoms with Gasteiger partial charge in [0.25, 0.3) is 5.91 Å². The van der Waals surface area contributed by atoms with E-state index in [9.17, 15) is 4.79 Å². The van der Waals surface area contributed by atoms with Gasteiger partial charge in [0.2, 0.25) is 0 Å². The molecule has 0 aliphatic rings. The number of hydrogen-bond acceptors (Lipinski definition) is 4. The SMILES string of the molecule is CC(C)c1ccc(C=NNC(=O)c2cc(-c3cccs3)[nH]n2)cc1. The van der Waals surface area contributed by atoms with Crippen molar-refractivity contribution >= 4 is 23.5 Å². The van der Waals surface area contributed by atoms with Crippen LogP contribution >= 0.6 is 11.3 Å². The van der Waals surface area contributed by atoms with Gasteiger partial charge in [0.05, 0.1) is 16.8 Å². The van der Waals surface area contributed by atoms with Crippen molar-refractivity contribution in [2.45, 2.75) is 19.8 Å². The Balaban J connectivity index is 1.61. The van der Waals surface area contributed by atoms with Gasteiger partial charge in [-0.15, -0.1) is 11.3 Å². The zero-order valence-corrected chi connectivity index (χ0v) is 14.3. The van der Waals surface area contributed by atoms with Crippen molar-refractivity contribution in [3.63, 3.8) is 0 Å². The van der Waals surface area contributed by atoms with Gasteiger partial charge >= 0.3 is 0 Å². The van der Waals surface area contributed by atoms with E-state index in [4.69, 9.17) is 0 Å². The van der Waals surface area contributed by atoms with Crippen molar-refractivity contribution in [1.29, 1.82) is 0 Å². The fourth-order valence-corrected chi connectivity index (χ4v) is 2.88. The van der Waals surface area contributed by atoms with Crippen LogP contribution in [0.3, 0.4) is 0 Å². The largest absolute Gasteiger partial charge is 0.291 e. The molecule has 0 saturated heterocycles. The number of benzene rings is 1. The van der Waals surface area contributed by atoms with Gasteiger partial charge in [-0.25, -0.2) is 5.43 Å². The van der Waals surface area contributed by atoms with Crippen molar-refractivity contribution in [2.75, 3.05) is 0 Å². The molecule has 122 valence electrons. The van der Waals surface area contributed by atoms with Crippen molar-refractivity contribution < 1.29 is 4.79 Å². The molecule has 0 saturated carbocycles. The normalized spacial score (nSPS) is 11.3. The van der Waals surface area contributed by atoms with Gasteiger partial charge < -0.3 is 0 Å². The number of carbonyl (C=O) groups excluding carboxylic acids is 1. The maximum absolute atomic E-state index is 12.1. The highest BCUT2D eigenvalue weighted by Crippen LogP contribution is 2.22. The highest BCUT2D eigenvalue weighted by Gasteiger charge is 2.11. The third-order valence-electron chi connectivity index (χ3n) is 3.58. The minimum atomic E-state index is -0.343. The number of hydrogen-bond donors (Lipinski definition) is 2. The number of thiophene rings is 1. The van der Waals surface area contributed by atoms with Crippen molar-refractivity contribution in [1.82, 2.24) is 15.6 Å². The zero-order chi connectivity index (χ0) is 16.9. The molecule has 2 N–H and O–H groups in total. The number of aromatic nitrogens is 2. The van der Waals surface area contributed by atoms with E-state index < -0.39 is 0 Å². The number of nitrogens with one attached hydrogen (secondary N) is 2. The van der Waals surface area contributed by atoms with Crippen LogP contribution in [-0.2, 0) is 0 Å². The predicted octanol–water partition coefficient (Wildman–Crippen LogP) is 4.03. The molecule has 6 heteroatoms. The molecule has 0 bridgehead atoms. The van der Waals surface area contributed by atoms with E-state index in [2.05, 4.69) is 46.7 Å². The molecular formula is C18H18N4OS. The van der Waals surface area contributed by atoms with Gasteiger partial charge in [0.15, 0.2) is 5.69 Å². The smallest absolute Gasteiger partial charge is 0.276 e. The van der Waals surface area contributed by atoms with Gasteiger partial charge in [-0.2, -0.15) is 10.2 Å². The average molecular weight is 338 g/mol. The number of rotatable bonds is 5. The van der Waals surface area contributed by atoms with E-state index >= 15 is 0 Å². The molecule has 1 aromatic carbocycles. The predicted molar refractivity (Wildman–Crippen MR) is 97.5 cm³/mol. The van der Waals surface area contributed by atoms with Gasteiger partial charge in [0, 0.05) is 0 Å². The topological polar surface area (TPSA) is 70.1 Å². The Morgan fingerprint density at radius 1 is 1.29 bits per heavy atom. The summed E-state index contributed by atoms with van der Waals surface area (Å²) in [7, 11) is 0. The molecule has 3 rings (SSSR count). The second-order valence-corrected chi connectivity index (χ2v) is 6.61. The van der Waals surface area contributed by atoms with Gasteiger partial charge in [-0.05, 0) is 34.6 Å². The van der Waals surface area contributed by atoms with Crippen LogP contribution in [0.15, 0.2) is 52.9 Å². The van der Waals surface area contributed by atoms with Gasteiger partial charge in [-0.1, -0.05) is 44.2 Å². The number of aromatic amines is 1. The Morgan fingerprint density at radius 2 is 2.08 bits per heavy atom. The Morgan fingerprint density at radius 3 is 2.75 bits per heavy atom. The summed E-state index contributed by atoms with van der Waals surface area (Å²) in [5.41, 5.74) is 5.83. The first-order valence-electron chi connectivity index (χ1n) is 7.66. The minimum absolute atomic E-state index is 0.311. The van der Waals surface area contributed by atoms with Crippen LogP contribution in [0.5, 0.6) is 0 Å². The van der Waals surface area contributed by atoms with E-state index in [1.54, 1.807) is 23.6 Å². The number of hydrazone groups is 1. The van der Waals surface area contributed by atoms with E-state index in [1.165, 1.54) is 5.56 Å². The Hall–Kier alpha value is -2.73. The average Bonchev–Trinajstić information content (AvgIpc) is 3.26.